The maximum Gasteiger partial charge on any atom is 0.312 e. The highest BCUT2D eigenvalue weighted by atomic mass is 35.5. The molecule has 16 heavy (non-hydrogen) atoms. The van der Waals surface area contributed by atoms with Crippen molar-refractivity contribution in [3.05, 3.63) is 28.8 Å². The number of nitriles is 1. The molecule has 6 heteroatoms. The number of primary amides is 1. The fraction of sp³-hybridized carbons (Fsp3) is 0.200. The van der Waals surface area contributed by atoms with Gasteiger partial charge in [-0.25, -0.2) is 4.79 Å². The summed E-state index contributed by atoms with van der Waals surface area (Å²) in [5, 5.41) is 14.7. The van der Waals surface area contributed by atoms with Crippen LogP contribution in [-0.4, -0.2) is 19.1 Å². The molecule has 0 fully saturated rings. The molecule has 0 aromatic heterocycles. The van der Waals surface area contributed by atoms with Crippen LogP contribution in [-0.2, 0) is 0 Å². The number of benzene rings is 1. The number of nitrogens with one attached hydrogen (secondary N) is 2. The average Bonchev–Trinajstić information content (AvgIpc) is 2.24. The minimum atomic E-state index is -0.576. The number of nitrogens with zero attached hydrogens (tertiary/aromatic N) is 1. The first-order valence-electron chi connectivity index (χ1n) is 4.61. The zero-order valence-electron chi connectivity index (χ0n) is 8.46. The van der Waals surface area contributed by atoms with Gasteiger partial charge in [-0.05, 0) is 12.1 Å². The summed E-state index contributed by atoms with van der Waals surface area (Å²) in [6.45, 7) is 0.852. The van der Waals surface area contributed by atoms with Gasteiger partial charge in [-0.2, -0.15) is 5.26 Å². The summed E-state index contributed by atoms with van der Waals surface area (Å²) < 4.78 is 0. The Hall–Kier alpha value is -1.93. The van der Waals surface area contributed by atoms with Crippen molar-refractivity contribution in [2.45, 2.75) is 0 Å². The summed E-state index contributed by atoms with van der Waals surface area (Å²) in [4.78, 5) is 10.4. The highest BCUT2D eigenvalue weighted by molar-refractivity contribution is 6.32. The highest BCUT2D eigenvalue weighted by Gasteiger charge is 2.04. The van der Waals surface area contributed by atoms with Gasteiger partial charge in [-0.1, -0.05) is 17.7 Å². The lowest BCUT2D eigenvalue weighted by atomic mass is 10.2. The van der Waals surface area contributed by atoms with Crippen molar-refractivity contribution >= 4 is 23.3 Å². The van der Waals surface area contributed by atoms with Gasteiger partial charge in [0.2, 0.25) is 0 Å². The van der Waals surface area contributed by atoms with E-state index in [1.165, 1.54) is 0 Å². The van der Waals surface area contributed by atoms with E-state index in [1.807, 2.05) is 6.07 Å². The van der Waals surface area contributed by atoms with Crippen LogP contribution in [0.4, 0.5) is 10.5 Å². The standard InChI is InChI=1S/C10H11ClN4O/c11-8-2-1-3-9(7(8)6-12)14-4-5-15-10(13)16/h1-3,14H,4-5H2,(H3,13,15,16). The van der Waals surface area contributed by atoms with Gasteiger partial charge in [-0.3, -0.25) is 0 Å². The van der Waals surface area contributed by atoms with Crippen LogP contribution in [0.25, 0.3) is 0 Å². The zero-order valence-corrected chi connectivity index (χ0v) is 9.21. The largest absolute Gasteiger partial charge is 0.382 e. The molecule has 1 rings (SSSR count). The molecule has 0 aliphatic heterocycles. The summed E-state index contributed by atoms with van der Waals surface area (Å²) in [6.07, 6.45) is 0. The van der Waals surface area contributed by atoms with Crippen LogP contribution in [0.5, 0.6) is 0 Å². The number of halogens is 1. The fourth-order valence-corrected chi connectivity index (χ4v) is 1.38. The zero-order chi connectivity index (χ0) is 12.0. The van der Waals surface area contributed by atoms with E-state index in [9.17, 15) is 4.79 Å². The minimum Gasteiger partial charge on any atom is -0.382 e. The summed E-state index contributed by atoms with van der Waals surface area (Å²) in [5.41, 5.74) is 5.93. The molecule has 0 unspecified atom stereocenters. The van der Waals surface area contributed by atoms with E-state index in [-0.39, 0.29) is 0 Å². The lowest BCUT2D eigenvalue weighted by Crippen LogP contribution is -2.33. The third kappa shape index (κ3) is 3.33. The number of anilines is 1. The number of carbonyl (C=O) groups is 1. The van der Waals surface area contributed by atoms with Gasteiger partial charge in [-0.15, -0.1) is 0 Å². The van der Waals surface area contributed by atoms with Crippen molar-refractivity contribution in [2.75, 3.05) is 18.4 Å². The molecule has 84 valence electrons. The molecule has 0 spiro atoms. The Morgan fingerprint density at radius 1 is 1.50 bits per heavy atom. The van der Waals surface area contributed by atoms with Crippen LogP contribution >= 0.6 is 11.6 Å². The van der Waals surface area contributed by atoms with Crippen molar-refractivity contribution in [3.63, 3.8) is 0 Å². The molecular formula is C10H11ClN4O. The van der Waals surface area contributed by atoms with E-state index in [0.717, 1.165) is 0 Å². The molecular weight excluding hydrogens is 228 g/mol. The van der Waals surface area contributed by atoms with Crippen LogP contribution < -0.4 is 16.4 Å². The first-order chi connectivity index (χ1) is 7.65. The quantitative estimate of drug-likeness (QED) is 0.691. The molecule has 1 aromatic rings. The van der Waals surface area contributed by atoms with E-state index >= 15 is 0 Å². The average molecular weight is 239 g/mol. The fourth-order valence-electron chi connectivity index (χ4n) is 1.17. The van der Waals surface area contributed by atoms with E-state index in [4.69, 9.17) is 22.6 Å². The number of nitrogens with two attached hydrogens (primary N) is 1. The molecule has 4 N–H and O–H groups in total. The molecule has 0 atom stereocenters. The van der Waals surface area contributed by atoms with Gasteiger partial charge in [0, 0.05) is 13.1 Å². The monoisotopic (exact) mass is 238 g/mol. The summed E-state index contributed by atoms with van der Waals surface area (Å²) in [7, 11) is 0. The second-order valence-electron chi connectivity index (χ2n) is 2.99. The number of hydrogen-bond acceptors (Lipinski definition) is 3. The summed E-state index contributed by atoms with van der Waals surface area (Å²) in [5.74, 6) is 0. The molecule has 0 aliphatic rings. The second kappa shape index (κ2) is 5.83. The molecule has 0 bridgehead atoms. The Morgan fingerprint density at radius 3 is 2.88 bits per heavy atom. The predicted octanol–water partition coefficient (Wildman–Crippen LogP) is 1.29. The molecule has 0 heterocycles. The topological polar surface area (TPSA) is 90.9 Å². The van der Waals surface area contributed by atoms with Crippen LogP contribution in [0.2, 0.25) is 5.02 Å². The van der Waals surface area contributed by atoms with Crippen molar-refractivity contribution in [3.8, 4) is 6.07 Å². The van der Waals surface area contributed by atoms with Gasteiger partial charge in [0.25, 0.3) is 0 Å². The third-order valence-corrected chi connectivity index (χ3v) is 2.18. The van der Waals surface area contributed by atoms with E-state index in [1.54, 1.807) is 18.2 Å². The molecule has 0 radical (unpaired) electrons. The van der Waals surface area contributed by atoms with Crippen LogP contribution in [0.1, 0.15) is 5.56 Å². The Morgan fingerprint density at radius 2 is 2.25 bits per heavy atom. The number of urea groups is 1. The first kappa shape index (κ1) is 12.1. The maximum atomic E-state index is 10.4. The Bertz CT molecular complexity index is 427. The van der Waals surface area contributed by atoms with Gasteiger partial charge >= 0.3 is 6.03 Å². The Balaban J connectivity index is 2.58. The van der Waals surface area contributed by atoms with Gasteiger partial charge in [0.1, 0.15) is 6.07 Å². The second-order valence-corrected chi connectivity index (χ2v) is 3.40. The van der Waals surface area contributed by atoms with Crippen molar-refractivity contribution < 1.29 is 4.79 Å². The third-order valence-electron chi connectivity index (χ3n) is 1.87. The molecule has 2 amide bonds. The SMILES string of the molecule is N#Cc1c(Cl)cccc1NCCNC(N)=O. The summed E-state index contributed by atoms with van der Waals surface area (Å²) >= 11 is 5.84. The number of rotatable bonds is 4. The van der Waals surface area contributed by atoms with Gasteiger partial charge < -0.3 is 16.4 Å². The lowest BCUT2D eigenvalue weighted by molar-refractivity contribution is 0.249. The lowest BCUT2D eigenvalue weighted by Gasteiger charge is -2.08. The van der Waals surface area contributed by atoms with E-state index in [0.29, 0.717) is 29.4 Å². The number of carbonyl (C=O) groups excluding carboxylic acids is 1. The first-order valence-corrected chi connectivity index (χ1v) is 4.98. The molecule has 1 aromatic carbocycles. The van der Waals surface area contributed by atoms with Crippen molar-refractivity contribution in [2.24, 2.45) is 5.73 Å². The number of amides is 2. The van der Waals surface area contributed by atoms with Crippen LogP contribution in [0.15, 0.2) is 18.2 Å². The van der Waals surface area contributed by atoms with E-state index in [2.05, 4.69) is 10.6 Å². The van der Waals surface area contributed by atoms with E-state index < -0.39 is 6.03 Å². The van der Waals surface area contributed by atoms with Gasteiger partial charge in [0.15, 0.2) is 0 Å². The molecule has 0 saturated carbocycles. The molecule has 5 nitrogen and oxygen atoms in total. The number of hydrogen-bond donors (Lipinski definition) is 3. The Kier molecular flexibility index (Phi) is 4.42. The minimum absolute atomic E-state index is 0.382. The maximum absolute atomic E-state index is 10.4. The smallest absolute Gasteiger partial charge is 0.312 e. The summed E-state index contributed by atoms with van der Waals surface area (Å²) in [6, 6.07) is 6.57. The van der Waals surface area contributed by atoms with Crippen LogP contribution in [0, 0.1) is 11.3 Å². The van der Waals surface area contributed by atoms with Crippen LogP contribution in [0.3, 0.4) is 0 Å². The highest BCUT2D eigenvalue weighted by Crippen LogP contribution is 2.22. The predicted molar refractivity (Wildman–Crippen MR) is 62.2 cm³/mol. The normalized spacial score (nSPS) is 9.25. The molecule has 0 saturated heterocycles. The van der Waals surface area contributed by atoms with Crippen molar-refractivity contribution in [1.29, 1.82) is 5.26 Å². The Labute approximate surface area is 98.2 Å². The molecule has 0 aliphatic carbocycles. The van der Waals surface area contributed by atoms with Crippen molar-refractivity contribution in [1.82, 2.24) is 5.32 Å². The van der Waals surface area contributed by atoms with Gasteiger partial charge in [0.05, 0.1) is 16.3 Å².